The van der Waals surface area contributed by atoms with E-state index in [2.05, 4.69) is 16.9 Å². The molecule has 1 aromatic rings. The monoisotopic (exact) mass is 459 g/mol. The molecule has 1 unspecified atom stereocenters. The third-order valence-corrected chi connectivity index (χ3v) is 4.05. The van der Waals surface area contributed by atoms with Gasteiger partial charge in [0.2, 0.25) is 0 Å². The van der Waals surface area contributed by atoms with Crippen molar-refractivity contribution in [2.45, 2.75) is 13.0 Å². The third-order valence-electron chi connectivity index (χ3n) is 2.55. The molecule has 21 heavy (non-hydrogen) atoms. The SMILES string of the molecule is C=CCSCCN=C(N)NC(C)c1ccc(Cl)cc1Cl.I. The van der Waals surface area contributed by atoms with Crippen LogP contribution in [0.15, 0.2) is 35.8 Å². The molecule has 0 aliphatic rings. The number of nitrogens with zero attached hydrogens (tertiary/aromatic N) is 1. The molecule has 1 aromatic carbocycles. The molecule has 7 heteroatoms. The molecule has 0 amide bonds. The van der Waals surface area contributed by atoms with Gasteiger partial charge in [0.25, 0.3) is 0 Å². The Morgan fingerprint density at radius 2 is 2.24 bits per heavy atom. The second-order valence-electron chi connectivity index (χ2n) is 4.16. The number of hydrogen-bond donors (Lipinski definition) is 2. The Balaban J connectivity index is 0.00000400. The number of aliphatic imine (C=N–C) groups is 1. The zero-order chi connectivity index (χ0) is 15.0. The third kappa shape index (κ3) is 8.18. The molecule has 0 bridgehead atoms. The zero-order valence-corrected chi connectivity index (χ0v) is 16.5. The highest BCUT2D eigenvalue weighted by atomic mass is 127. The minimum absolute atomic E-state index is 0. The van der Waals surface area contributed by atoms with Crippen molar-refractivity contribution >= 4 is 64.9 Å². The maximum Gasteiger partial charge on any atom is 0.189 e. The fraction of sp³-hybridized carbons (Fsp3) is 0.357. The van der Waals surface area contributed by atoms with Crippen LogP contribution in [0.5, 0.6) is 0 Å². The van der Waals surface area contributed by atoms with Crippen LogP contribution in [0.25, 0.3) is 0 Å². The Morgan fingerprint density at radius 3 is 2.86 bits per heavy atom. The molecule has 0 saturated carbocycles. The van der Waals surface area contributed by atoms with E-state index in [1.54, 1.807) is 23.9 Å². The fourth-order valence-corrected chi connectivity index (χ4v) is 2.72. The van der Waals surface area contributed by atoms with E-state index in [4.69, 9.17) is 28.9 Å². The van der Waals surface area contributed by atoms with E-state index in [1.165, 1.54) is 0 Å². The average Bonchev–Trinajstić information content (AvgIpc) is 2.38. The lowest BCUT2D eigenvalue weighted by Crippen LogP contribution is -2.34. The first kappa shape index (κ1) is 20.9. The van der Waals surface area contributed by atoms with Gasteiger partial charge in [-0.1, -0.05) is 35.3 Å². The highest BCUT2D eigenvalue weighted by molar-refractivity contribution is 14.0. The summed E-state index contributed by atoms with van der Waals surface area (Å²) in [5.74, 6) is 2.27. The van der Waals surface area contributed by atoms with Gasteiger partial charge in [0.15, 0.2) is 5.96 Å². The van der Waals surface area contributed by atoms with Crippen LogP contribution < -0.4 is 11.1 Å². The minimum Gasteiger partial charge on any atom is -0.370 e. The molecular formula is C14H20Cl2IN3S. The molecular weight excluding hydrogens is 440 g/mol. The number of nitrogens with two attached hydrogens (primary N) is 1. The van der Waals surface area contributed by atoms with Crippen molar-refractivity contribution in [3.63, 3.8) is 0 Å². The van der Waals surface area contributed by atoms with Gasteiger partial charge >= 0.3 is 0 Å². The number of guanidine groups is 1. The number of thioether (sulfide) groups is 1. The predicted molar refractivity (Wildman–Crippen MR) is 107 cm³/mol. The van der Waals surface area contributed by atoms with Gasteiger partial charge in [0.05, 0.1) is 12.6 Å². The Morgan fingerprint density at radius 1 is 1.52 bits per heavy atom. The van der Waals surface area contributed by atoms with Crippen molar-refractivity contribution in [2.24, 2.45) is 10.7 Å². The van der Waals surface area contributed by atoms with Gasteiger partial charge in [0.1, 0.15) is 0 Å². The fourth-order valence-electron chi connectivity index (χ4n) is 1.60. The van der Waals surface area contributed by atoms with E-state index in [1.807, 2.05) is 19.1 Å². The predicted octanol–water partition coefficient (Wildman–Crippen LogP) is 4.50. The van der Waals surface area contributed by atoms with Gasteiger partial charge in [0, 0.05) is 21.6 Å². The second-order valence-corrected chi connectivity index (χ2v) is 6.16. The quantitative estimate of drug-likeness (QED) is 0.207. The summed E-state index contributed by atoms with van der Waals surface area (Å²) in [4.78, 5) is 4.27. The summed E-state index contributed by atoms with van der Waals surface area (Å²) in [5.41, 5.74) is 6.79. The lowest BCUT2D eigenvalue weighted by molar-refractivity contribution is 0.709. The normalized spacial score (nSPS) is 12.4. The number of halogens is 3. The highest BCUT2D eigenvalue weighted by Gasteiger charge is 2.10. The Hall–Kier alpha value is -0.110. The van der Waals surface area contributed by atoms with Crippen LogP contribution in [0.3, 0.4) is 0 Å². The van der Waals surface area contributed by atoms with Crippen molar-refractivity contribution in [1.82, 2.24) is 5.32 Å². The van der Waals surface area contributed by atoms with Gasteiger partial charge in [-0.05, 0) is 24.6 Å². The van der Waals surface area contributed by atoms with E-state index >= 15 is 0 Å². The molecule has 1 atom stereocenters. The van der Waals surface area contributed by atoms with Gasteiger partial charge < -0.3 is 11.1 Å². The van der Waals surface area contributed by atoms with Crippen molar-refractivity contribution in [2.75, 3.05) is 18.1 Å². The Kier molecular flexibility index (Phi) is 11.4. The molecule has 0 spiro atoms. The van der Waals surface area contributed by atoms with Crippen molar-refractivity contribution < 1.29 is 0 Å². The lowest BCUT2D eigenvalue weighted by atomic mass is 10.1. The minimum atomic E-state index is -0.0238. The molecule has 0 fully saturated rings. The first-order valence-corrected chi connectivity index (χ1v) is 8.15. The summed E-state index contributed by atoms with van der Waals surface area (Å²) in [6.07, 6.45) is 1.88. The number of hydrogen-bond acceptors (Lipinski definition) is 2. The van der Waals surface area contributed by atoms with Crippen LogP contribution in [0, 0.1) is 0 Å². The Bertz CT molecular complexity index is 483. The van der Waals surface area contributed by atoms with Crippen molar-refractivity contribution in [3.05, 3.63) is 46.5 Å². The van der Waals surface area contributed by atoms with E-state index in [-0.39, 0.29) is 30.0 Å². The number of benzene rings is 1. The van der Waals surface area contributed by atoms with E-state index < -0.39 is 0 Å². The summed E-state index contributed by atoms with van der Waals surface area (Å²) in [6.45, 7) is 6.32. The first-order chi connectivity index (χ1) is 9.54. The lowest BCUT2D eigenvalue weighted by Gasteiger charge is -2.16. The van der Waals surface area contributed by atoms with E-state index in [0.29, 0.717) is 22.5 Å². The van der Waals surface area contributed by atoms with Crippen LogP contribution in [0.1, 0.15) is 18.5 Å². The summed E-state index contributed by atoms with van der Waals surface area (Å²) >= 11 is 13.8. The summed E-state index contributed by atoms with van der Waals surface area (Å²) in [5, 5.41) is 4.35. The van der Waals surface area contributed by atoms with Crippen LogP contribution in [0.2, 0.25) is 10.0 Å². The van der Waals surface area contributed by atoms with E-state index in [0.717, 1.165) is 17.1 Å². The van der Waals surface area contributed by atoms with Crippen molar-refractivity contribution in [1.29, 1.82) is 0 Å². The molecule has 0 aliphatic carbocycles. The summed E-state index contributed by atoms with van der Waals surface area (Å²) < 4.78 is 0. The van der Waals surface area contributed by atoms with Gasteiger partial charge in [-0.15, -0.1) is 30.6 Å². The van der Waals surface area contributed by atoms with Gasteiger partial charge in [-0.2, -0.15) is 11.8 Å². The maximum atomic E-state index is 6.15. The van der Waals surface area contributed by atoms with Gasteiger partial charge in [-0.3, -0.25) is 4.99 Å². The molecule has 3 N–H and O–H groups in total. The maximum absolute atomic E-state index is 6.15. The molecule has 3 nitrogen and oxygen atoms in total. The zero-order valence-electron chi connectivity index (χ0n) is 11.8. The molecule has 0 radical (unpaired) electrons. The molecule has 0 saturated heterocycles. The average molecular weight is 460 g/mol. The van der Waals surface area contributed by atoms with Crippen LogP contribution in [0.4, 0.5) is 0 Å². The number of nitrogens with one attached hydrogen (secondary N) is 1. The molecule has 1 rings (SSSR count). The Labute approximate surface area is 157 Å². The summed E-state index contributed by atoms with van der Waals surface area (Å²) in [7, 11) is 0. The standard InChI is InChI=1S/C14H19Cl2N3S.HI/c1-3-7-20-8-6-18-14(17)19-10(2)12-5-4-11(15)9-13(12)16;/h3-5,9-10H,1,6-8H2,2H3,(H3,17,18,19);1H. The van der Waals surface area contributed by atoms with Crippen LogP contribution in [-0.2, 0) is 0 Å². The number of rotatable bonds is 7. The molecule has 0 heterocycles. The van der Waals surface area contributed by atoms with Crippen LogP contribution in [-0.4, -0.2) is 24.0 Å². The second kappa shape index (κ2) is 11.5. The molecule has 118 valence electrons. The summed E-state index contributed by atoms with van der Waals surface area (Å²) in [6, 6.07) is 5.38. The molecule has 0 aromatic heterocycles. The van der Waals surface area contributed by atoms with Crippen molar-refractivity contribution in [3.8, 4) is 0 Å². The van der Waals surface area contributed by atoms with Gasteiger partial charge in [-0.25, -0.2) is 0 Å². The smallest absolute Gasteiger partial charge is 0.189 e. The topological polar surface area (TPSA) is 50.4 Å². The largest absolute Gasteiger partial charge is 0.370 e. The van der Waals surface area contributed by atoms with E-state index in [9.17, 15) is 0 Å². The highest BCUT2D eigenvalue weighted by Crippen LogP contribution is 2.25. The molecule has 0 aliphatic heterocycles. The van der Waals surface area contributed by atoms with Crippen LogP contribution >= 0.6 is 58.9 Å². The first-order valence-electron chi connectivity index (χ1n) is 6.24.